The van der Waals surface area contributed by atoms with Gasteiger partial charge in [-0.25, -0.2) is 14.1 Å². The number of fused-ring (bicyclic) bond motifs is 1. The van der Waals surface area contributed by atoms with Gasteiger partial charge < -0.3 is 5.32 Å². The number of nitrogens with zero attached hydrogens (tertiary/aromatic N) is 3. The first kappa shape index (κ1) is 16.7. The number of carbonyl (C=O) groups is 1. The van der Waals surface area contributed by atoms with Crippen LogP contribution < -0.4 is 5.32 Å². The molecule has 4 rings (SSSR count). The van der Waals surface area contributed by atoms with Gasteiger partial charge in [-0.05, 0) is 48.1 Å². The number of aromatic nitrogens is 3. The van der Waals surface area contributed by atoms with Gasteiger partial charge in [0, 0.05) is 29.4 Å². The quantitative estimate of drug-likeness (QED) is 0.762. The van der Waals surface area contributed by atoms with Crippen LogP contribution in [0.2, 0.25) is 0 Å². The molecule has 2 atom stereocenters. The van der Waals surface area contributed by atoms with Gasteiger partial charge in [0.15, 0.2) is 5.65 Å². The Bertz CT molecular complexity index is 995. The number of hydrogen-bond acceptors (Lipinski definition) is 3. The van der Waals surface area contributed by atoms with Crippen molar-refractivity contribution in [3.8, 4) is 5.69 Å². The summed E-state index contributed by atoms with van der Waals surface area (Å²) >= 11 is 0. The lowest BCUT2D eigenvalue weighted by Gasteiger charge is -2.08. The first-order valence-electron chi connectivity index (χ1n) is 8.88. The van der Waals surface area contributed by atoms with Gasteiger partial charge in [-0.3, -0.25) is 4.79 Å². The zero-order valence-electron chi connectivity index (χ0n) is 15.0. The zero-order valence-corrected chi connectivity index (χ0v) is 15.0. The molecular formula is C20H21FN4O. The number of halogens is 1. The molecule has 2 aromatic heterocycles. The molecule has 0 spiro atoms. The summed E-state index contributed by atoms with van der Waals surface area (Å²) in [6, 6.07) is 6.55. The molecule has 0 bridgehead atoms. The van der Waals surface area contributed by atoms with Crippen molar-refractivity contribution in [3.05, 3.63) is 48.0 Å². The highest BCUT2D eigenvalue weighted by atomic mass is 19.1. The lowest BCUT2D eigenvalue weighted by Crippen LogP contribution is -2.14. The highest BCUT2D eigenvalue weighted by Crippen LogP contribution is 2.38. The number of amides is 1. The Morgan fingerprint density at radius 2 is 2.12 bits per heavy atom. The molecular weight excluding hydrogens is 331 g/mol. The minimum Gasteiger partial charge on any atom is -0.326 e. The Hall–Kier alpha value is -2.76. The fourth-order valence-corrected chi connectivity index (χ4v) is 3.06. The van der Waals surface area contributed by atoms with E-state index in [-0.39, 0.29) is 17.5 Å². The van der Waals surface area contributed by atoms with Gasteiger partial charge in [-0.2, -0.15) is 0 Å². The standard InChI is InChI=1S/C20H21FN4O/c1-11(2)13-7-14-10-25(24-19(14)22-9-13)18-8-15(4-5-17(18)21)23-20(26)16-6-12(16)3/h4-5,7-12,16H,6H2,1-3H3,(H,23,26). The van der Waals surface area contributed by atoms with Crippen LogP contribution in [0.1, 0.15) is 38.7 Å². The molecule has 5 nitrogen and oxygen atoms in total. The number of hydrogen-bond donors (Lipinski definition) is 1. The van der Waals surface area contributed by atoms with E-state index in [2.05, 4.69) is 29.2 Å². The van der Waals surface area contributed by atoms with Gasteiger partial charge in [0.05, 0.1) is 0 Å². The highest BCUT2D eigenvalue weighted by molar-refractivity contribution is 5.94. The number of anilines is 1. The summed E-state index contributed by atoms with van der Waals surface area (Å²) in [6.45, 7) is 6.24. The lowest BCUT2D eigenvalue weighted by atomic mass is 10.1. The van der Waals surface area contributed by atoms with Gasteiger partial charge in [-0.1, -0.05) is 20.8 Å². The van der Waals surface area contributed by atoms with E-state index in [0.717, 1.165) is 17.4 Å². The number of carbonyl (C=O) groups excluding carboxylic acids is 1. The molecule has 6 heteroatoms. The van der Waals surface area contributed by atoms with Crippen LogP contribution in [-0.2, 0) is 4.79 Å². The Morgan fingerprint density at radius 1 is 1.35 bits per heavy atom. The van der Waals surface area contributed by atoms with Crippen LogP contribution in [0.15, 0.2) is 36.7 Å². The monoisotopic (exact) mass is 352 g/mol. The second kappa shape index (κ2) is 6.20. The minimum absolute atomic E-state index is 0.0103. The molecule has 1 aromatic carbocycles. The van der Waals surface area contributed by atoms with Crippen LogP contribution in [0.25, 0.3) is 16.7 Å². The van der Waals surface area contributed by atoms with E-state index in [0.29, 0.717) is 23.2 Å². The first-order valence-corrected chi connectivity index (χ1v) is 8.88. The van der Waals surface area contributed by atoms with Gasteiger partial charge in [0.1, 0.15) is 11.5 Å². The van der Waals surface area contributed by atoms with Crippen molar-refractivity contribution in [1.29, 1.82) is 0 Å². The summed E-state index contributed by atoms with van der Waals surface area (Å²) in [5.41, 5.74) is 2.53. The largest absolute Gasteiger partial charge is 0.326 e. The van der Waals surface area contributed by atoms with Gasteiger partial charge in [0.2, 0.25) is 5.91 Å². The van der Waals surface area contributed by atoms with E-state index in [1.54, 1.807) is 24.5 Å². The molecule has 26 heavy (non-hydrogen) atoms. The van der Waals surface area contributed by atoms with Crippen molar-refractivity contribution >= 4 is 22.6 Å². The summed E-state index contributed by atoms with van der Waals surface area (Å²) in [6.07, 6.45) is 4.48. The van der Waals surface area contributed by atoms with E-state index >= 15 is 0 Å². The Morgan fingerprint density at radius 3 is 2.81 bits per heavy atom. The van der Waals surface area contributed by atoms with E-state index in [9.17, 15) is 9.18 Å². The van der Waals surface area contributed by atoms with Gasteiger partial charge >= 0.3 is 0 Å². The average Bonchev–Trinajstić information content (AvgIpc) is 3.19. The zero-order chi connectivity index (χ0) is 18.4. The molecule has 1 amide bonds. The topological polar surface area (TPSA) is 59.8 Å². The number of nitrogens with one attached hydrogen (secondary N) is 1. The third-order valence-corrected chi connectivity index (χ3v) is 4.95. The summed E-state index contributed by atoms with van der Waals surface area (Å²) in [4.78, 5) is 16.5. The highest BCUT2D eigenvalue weighted by Gasteiger charge is 2.39. The maximum Gasteiger partial charge on any atom is 0.227 e. The Kier molecular flexibility index (Phi) is 3.98. The third kappa shape index (κ3) is 3.07. The molecule has 2 unspecified atom stereocenters. The molecule has 1 fully saturated rings. The molecule has 0 saturated heterocycles. The van der Waals surface area contributed by atoms with Crippen molar-refractivity contribution in [2.45, 2.75) is 33.1 Å². The minimum atomic E-state index is -0.403. The van der Waals surface area contributed by atoms with Crippen molar-refractivity contribution in [2.75, 3.05) is 5.32 Å². The first-order chi connectivity index (χ1) is 12.4. The maximum atomic E-state index is 14.4. The van der Waals surface area contributed by atoms with E-state index < -0.39 is 5.82 Å². The molecule has 3 aromatic rings. The second-order valence-corrected chi connectivity index (χ2v) is 7.38. The Balaban J connectivity index is 1.67. The van der Waals surface area contributed by atoms with Crippen molar-refractivity contribution in [2.24, 2.45) is 11.8 Å². The predicted octanol–water partition coefficient (Wildman–Crippen LogP) is 4.28. The lowest BCUT2D eigenvalue weighted by molar-refractivity contribution is -0.117. The van der Waals surface area contributed by atoms with Crippen LogP contribution in [-0.4, -0.2) is 20.7 Å². The summed E-state index contributed by atoms with van der Waals surface area (Å²) in [5.74, 6) is 0.431. The van der Waals surface area contributed by atoms with Crippen LogP contribution in [0.4, 0.5) is 10.1 Å². The van der Waals surface area contributed by atoms with Gasteiger partial charge in [0.25, 0.3) is 0 Å². The SMILES string of the molecule is CC(C)c1cnc2nn(-c3cc(NC(=O)C4CC4C)ccc3F)cc2c1. The number of rotatable bonds is 4. The predicted molar refractivity (Wildman–Crippen MR) is 98.8 cm³/mol. The number of benzene rings is 1. The van der Waals surface area contributed by atoms with E-state index in [4.69, 9.17) is 0 Å². The second-order valence-electron chi connectivity index (χ2n) is 7.38. The number of pyridine rings is 1. The molecule has 1 aliphatic carbocycles. The van der Waals surface area contributed by atoms with Crippen LogP contribution in [0.3, 0.4) is 0 Å². The Labute approximate surface area is 151 Å². The molecule has 134 valence electrons. The molecule has 2 heterocycles. The van der Waals surface area contributed by atoms with Gasteiger partial charge in [-0.15, -0.1) is 5.10 Å². The van der Waals surface area contributed by atoms with Crippen LogP contribution in [0.5, 0.6) is 0 Å². The van der Waals surface area contributed by atoms with Crippen molar-refractivity contribution in [1.82, 2.24) is 14.8 Å². The molecule has 1 aliphatic rings. The third-order valence-electron chi connectivity index (χ3n) is 4.95. The fraction of sp³-hybridized carbons (Fsp3) is 0.350. The van der Waals surface area contributed by atoms with Crippen LogP contribution >= 0.6 is 0 Å². The fourth-order valence-electron chi connectivity index (χ4n) is 3.06. The molecule has 1 N–H and O–H groups in total. The summed E-state index contributed by atoms with van der Waals surface area (Å²) in [5, 5.41) is 8.10. The normalized spacial score (nSPS) is 19.1. The average molecular weight is 352 g/mol. The van der Waals surface area contributed by atoms with Crippen LogP contribution in [0, 0.1) is 17.7 Å². The maximum absolute atomic E-state index is 14.4. The summed E-state index contributed by atoms with van der Waals surface area (Å²) in [7, 11) is 0. The molecule has 1 saturated carbocycles. The van der Waals surface area contributed by atoms with Crippen molar-refractivity contribution in [3.63, 3.8) is 0 Å². The van der Waals surface area contributed by atoms with Crippen molar-refractivity contribution < 1.29 is 9.18 Å². The molecule has 0 aliphatic heterocycles. The van der Waals surface area contributed by atoms with E-state index in [1.165, 1.54) is 10.7 Å². The smallest absolute Gasteiger partial charge is 0.227 e. The molecule has 0 radical (unpaired) electrons. The van der Waals surface area contributed by atoms with E-state index in [1.807, 2.05) is 13.0 Å². The summed E-state index contributed by atoms with van der Waals surface area (Å²) < 4.78 is 15.8.